The molecule has 5 aromatic rings. The van der Waals surface area contributed by atoms with Gasteiger partial charge in [-0.1, -0.05) is 150 Å². The van der Waals surface area contributed by atoms with Gasteiger partial charge in [0.25, 0.3) is 0 Å². The molecular formula is C88H108F4N4O5. The van der Waals surface area contributed by atoms with Gasteiger partial charge in [0.1, 0.15) is 5.75 Å². The van der Waals surface area contributed by atoms with Crippen LogP contribution in [0.1, 0.15) is 235 Å². The summed E-state index contributed by atoms with van der Waals surface area (Å²) in [5.41, 5.74) is 20.8. The van der Waals surface area contributed by atoms with Crippen LogP contribution in [0.2, 0.25) is 0 Å². The number of hydrogen-bond donors (Lipinski definition) is 0. The van der Waals surface area contributed by atoms with E-state index in [-0.39, 0.29) is 85.9 Å². The average Bonchev–Trinajstić information content (AvgIpc) is 1.62. The Labute approximate surface area is 598 Å². The van der Waals surface area contributed by atoms with Gasteiger partial charge in [-0.15, -0.1) is 0 Å². The normalized spacial score (nSPS) is 23.7. The number of alkyl halides is 4. The Morgan fingerprint density at radius 3 is 1.19 bits per heavy atom. The van der Waals surface area contributed by atoms with Crippen molar-refractivity contribution in [2.75, 3.05) is 80.1 Å². The van der Waals surface area contributed by atoms with Crippen LogP contribution in [0.25, 0.3) is 22.3 Å². The minimum absolute atomic E-state index is 0.00221. The first-order valence-corrected chi connectivity index (χ1v) is 38.8. The van der Waals surface area contributed by atoms with Crippen LogP contribution in [0.4, 0.5) is 17.6 Å². The fourth-order valence-corrected chi connectivity index (χ4v) is 19.6. The second-order valence-corrected chi connectivity index (χ2v) is 29.7. The summed E-state index contributed by atoms with van der Waals surface area (Å²) in [5, 5.41) is 0. The summed E-state index contributed by atoms with van der Waals surface area (Å²) in [5.74, 6) is 2.23. The number of carbonyl (C=O) groups excluding carboxylic acids is 4. The highest BCUT2D eigenvalue weighted by Crippen LogP contribution is 2.58. The van der Waals surface area contributed by atoms with Gasteiger partial charge in [0.05, 0.1) is 57.5 Å². The van der Waals surface area contributed by atoms with Crippen LogP contribution in [0.5, 0.6) is 5.75 Å². The third-order valence-corrected chi connectivity index (χ3v) is 24.1. The molecule has 538 valence electrons. The molecule has 4 amide bonds. The van der Waals surface area contributed by atoms with Gasteiger partial charge in [-0.25, -0.2) is 0 Å². The van der Waals surface area contributed by atoms with Crippen molar-refractivity contribution in [3.05, 3.63) is 194 Å². The lowest BCUT2D eigenvalue weighted by Gasteiger charge is -2.33. The van der Waals surface area contributed by atoms with Crippen molar-refractivity contribution in [3.63, 3.8) is 0 Å². The molecule has 8 aliphatic carbocycles. The molecule has 0 bridgehead atoms. The summed E-state index contributed by atoms with van der Waals surface area (Å²) in [6.07, 6.45) is 22.1. The number of nitrogens with zero attached hydrogens (tertiary/aromatic N) is 4. The second-order valence-electron chi connectivity index (χ2n) is 29.7. The molecule has 2 saturated heterocycles. The zero-order chi connectivity index (χ0) is 70.5. The van der Waals surface area contributed by atoms with E-state index >= 15 is 0 Å². The SMILES string of the molecule is CCN(CC)C(=O)C1CCCC2=C1c1c(OC)cccc1C2CC[18F].CN(Cc1ccccc1)C(=O)C1CCCC2=C1c1ccccc1C2CC[18F].O=C(C1CCCC2=C1c1ccccc1C2CC[18F])N1CCCCC1.O=C(C1CCCC2=C1c1ccccc1C2CC[18F])N1CCCCCC1. The number of amides is 4. The number of hydrogen-bond acceptors (Lipinski definition) is 5. The fraction of sp³-hybridized carbons (Fsp3) is 0.523. The number of halogens is 4. The second kappa shape index (κ2) is 34.6. The molecule has 5 aromatic carbocycles. The number of rotatable bonds is 17. The van der Waals surface area contributed by atoms with Crippen molar-refractivity contribution in [2.45, 2.75) is 192 Å². The van der Waals surface area contributed by atoms with Crippen molar-refractivity contribution in [3.8, 4) is 5.75 Å². The van der Waals surface area contributed by atoms with Gasteiger partial charge in [0.2, 0.25) is 23.6 Å². The van der Waals surface area contributed by atoms with Crippen molar-refractivity contribution in [1.29, 1.82) is 0 Å². The first-order valence-electron chi connectivity index (χ1n) is 38.8. The lowest BCUT2D eigenvalue weighted by atomic mass is 9.79. The first kappa shape index (κ1) is 73.2. The Bertz CT molecular complexity index is 3860. The van der Waals surface area contributed by atoms with Gasteiger partial charge in [0.15, 0.2) is 0 Å². The van der Waals surface area contributed by atoms with Crippen LogP contribution in [0, 0.1) is 23.7 Å². The molecule has 9 nitrogen and oxygen atoms in total. The Hall–Kier alpha value is -7.54. The van der Waals surface area contributed by atoms with Crippen LogP contribution in [0.3, 0.4) is 0 Å². The molecule has 2 heterocycles. The van der Waals surface area contributed by atoms with Gasteiger partial charge < -0.3 is 24.3 Å². The molecule has 0 aromatic heterocycles. The van der Waals surface area contributed by atoms with E-state index in [2.05, 4.69) is 76.5 Å². The molecule has 2 aliphatic heterocycles. The summed E-state index contributed by atoms with van der Waals surface area (Å²) in [6, 6.07) is 41.2. The first-order chi connectivity index (χ1) is 49.5. The monoisotopic (exact) mass is 1370 g/mol. The highest BCUT2D eigenvalue weighted by molar-refractivity contribution is 6.00. The van der Waals surface area contributed by atoms with Gasteiger partial charge in [0, 0.05) is 82.1 Å². The fourth-order valence-electron chi connectivity index (χ4n) is 19.6. The molecule has 101 heavy (non-hydrogen) atoms. The Morgan fingerprint density at radius 1 is 0.416 bits per heavy atom. The van der Waals surface area contributed by atoms with E-state index in [1.807, 2.05) is 85.3 Å². The molecule has 8 atom stereocenters. The van der Waals surface area contributed by atoms with Gasteiger partial charge >= 0.3 is 0 Å². The molecule has 13 heteroatoms. The average molecular weight is 1370 g/mol. The minimum Gasteiger partial charge on any atom is -0.496 e. The van der Waals surface area contributed by atoms with Crippen LogP contribution in [-0.2, 0) is 25.7 Å². The molecular weight excluding hydrogens is 1260 g/mol. The number of carbonyl (C=O) groups is 4. The standard InChI is InChI=1S/C24H26FNO.C22H28FNO.C21H28FNO2.C21H26FNO/c1-26(16-17-8-3-2-4-9-17)24(27)22-13-7-12-21-19(14-15-25)18-10-5-6-11-20(18)23(21)22;23-13-12-17-16-8-3-4-9-18(16)21-19(17)10-7-11-20(21)22(25)24-14-5-1-2-6-15-24;1-4-23(5-2)21(24)17-10-6-8-15-14(12-13-22)16-9-7-11-18(25-3)20(16)19(15)17;22-12-11-16-15-7-2-3-8-17(15)20-18(16)9-6-10-19(20)21(24)23-13-4-1-5-14-23/h2-6,8-11,19,22H,7,12-16H2,1H3;3-4,8-9,17,20H,1-2,5-7,10-15H2;7,9,11,14,17H,4-6,8,10,12-13H2,1-3H3;2-3,7-8,16,19H,1,4-6,9-14H2/i25-1;23-1;2*22-1. The number of fused-ring (bicyclic) bond motifs is 8. The maximum atomic E-state index is 13.3. The van der Waals surface area contributed by atoms with E-state index in [0.29, 0.717) is 44.0 Å². The van der Waals surface area contributed by atoms with Gasteiger partial charge in [-0.3, -0.25) is 36.7 Å². The molecule has 2 fully saturated rings. The van der Waals surface area contributed by atoms with Crippen LogP contribution in [-0.4, -0.2) is 123 Å². The maximum Gasteiger partial charge on any atom is 0.230 e. The predicted octanol–water partition coefficient (Wildman–Crippen LogP) is 19.7. The number of piperidine rings is 1. The van der Waals surface area contributed by atoms with E-state index in [1.54, 1.807) is 7.11 Å². The predicted molar refractivity (Wildman–Crippen MR) is 399 cm³/mol. The van der Waals surface area contributed by atoms with E-state index < -0.39 is 0 Å². The zero-order valence-electron chi connectivity index (χ0n) is 60.5. The van der Waals surface area contributed by atoms with Gasteiger partial charge in [-0.05, 0) is 222 Å². The molecule has 15 rings (SSSR count). The van der Waals surface area contributed by atoms with Crippen molar-refractivity contribution >= 4 is 45.9 Å². The molecule has 0 N–H and O–H groups in total. The smallest absolute Gasteiger partial charge is 0.230 e. The largest absolute Gasteiger partial charge is 0.496 e. The lowest BCUT2D eigenvalue weighted by Crippen LogP contribution is -2.40. The number of benzene rings is 5. The summed E-state index contributed by atoms with van der Waals surface area (Å²) in [4.78, 5) is 61.0. The Balaban J connectivity index is 0.000000127. The van der Waals surface area contributed by atoms with E-state index in [4.69, 9.17) is 4.74 Å². The van der Waals surface area contributed by atoms with Crippen LogP contribution < -0.4 is 4.74 Å². The summed E-state index contributed by atoms with van der Waals surface area (Å²) >= 11 is 0. The number of ether oxygens (including phenoxy) is 1. The minimum atomic E-state index is -0.341. The zero-order valence-corrected chi connectivity index (χ0v) is 60.5. The molecule has 0 spiro atoms. The van der Waals surface area contributed by atoms with Crippen LogP contribution >= 0.6 is 0 Å². The van der Waals surface area contributed by atoms with E-state index in [9.17, 15) is 36.7 Å². The molecule has 10 aliphatic rings. The van der Waals surface area contributed by atoms with Crippen molar-refractivity contribution in [1.82, 2.24) is 19.6 Å². The van der Waals surface area contributed by atoms with Gasteiger partial charge in [-0.2, -0.15) is 0 Å². The summed E-state index contributed by atoms with van der Waals surface area (Å²) in [7, 11) is 3.56. The number of allylic oxidation sites excluding steroid dienone is 4. The summed E-state index contributed by atoms with van der Waals surface area (Å²) < 4.78 is 58.4. The van der Waals surface area contributed by atoms with E-state index in [0.717, 1.165) is 170 Å². The topological polar surface area (TPSA) is 90.5 Å². The highest BCUT2D eigenvalue weighted by Gasteiger charge is 2.45. The quantitative estimate of drug-likeness (QED) is 0.0865. The third-order valence-electron chi connectivity index (χ3n) is 24.1. The molecule has 0 radical (unpaired) electrons. The van der Waals surface area contributed by atoms with Crippen molar-refractivity contribution in [2.24, 2.45) is 23.7 Å². The maximum absolute atomic E-state index is 13.3. The molecule has 0 saturated carbocycles. The van der Waals surface area contributed by atoms with Crippen LogP contribution in [0.15, 0.2) is 144 Å². The lowest BCUT2D eigenvalue weighted by molar-refractivity contribution is -0.135. The molecule has 8 unspecified atom stereocenters. The van der Waals surface area contributed by atoms with Crippen molar-refractivity contribution < 1.29 is 41.5 Å². The Morgan fingerprint density at radius 2 is 0.772 bits per heavy atom. The third kappa shape index (κ3) is 15.3. The van der Waals surface area contributed by atoms with E-state index in [1.165, 1.54) is 91.7 Å². The summed E-state index contributed by atoms with van der Waals surface area (Å²) in [6.45, 7) is 8.51. The Kier molecular flexibility index (Phi) is 25.1. The number of methoxy groups -OCH3 is 1. The number of likely N-dealkylation sites (tertiary alicyclic amines) is 2. The highest BCUT2D eigenvalue weighted by atomic mass is 18.2.